The van der Waals surface area contributed by atoms with Gasteiger partial charge in [0, 0.05) is 16.5 Å². The van der Waals surface area contributed by atoms with Crippen molar-refractivity contribution < 1.29 is 0 Å². The van der Waals surface area contributed by atoms with E-state index in [0.717, 1.165) is 6.42 Å². The summed E-state index contributed by atoms with van der Waals surface area (Å²) in [5, 5.41) is 3.43. The van der Waals surface area contributed by atoms with Gasteiger partial charge in [-0.15, -0.1) is 11.3 Å². The van der Waals surface area contributed by atoms with Crippen molar-refractivity contribution in [3.63, 3.8) is 0 Å². The van der Waals surface area contributed by atoms with Gasteiger partial charge < -0.3 is 10.2 Å². The Bertz CT molecular complexity index is 334. The smallest absolute Gasteiger partial charge is 0.0701 e. The second-order valence-corrected chi connectivity index (χ2v) is 7.35. The van der Waals surface area contributed by atoms with Crippen molar-refractivity contribution in [1.82, 2.24) is 10.2 Å². The van der Waals surface area contributed by atoms with E-state index < -0.39 is 0 Å². The molecule has 0 spiro atoms. The Kier molecular flexibility index (Phi) is 4.98. The van der Waals surface area contributed by atoms with Gasteiger partial charge in [-0.2, -0.15) is 0 Å². The van der Waals surface area contributed by atoms with Crippen molar-refractivity contribution in [1.29, 1.82) is 0 Å². The zero-order valence-corrected chi connectivity index (χ0v) is 13.1. The van der Waals surface area contributed by atoms with Crippen molar-refractivity contribution in [2.45, 2.75) is 31.8 Å². The van der Waals surface area contributed by atoms with Gasteiger partial charge in [-0.25, -0.2) is 0 Å². The molecule has 0 aliphatic rings. The zero-order chi connectivity index (χ0) is 12.3. The standard InChI is InChI=1S/C12H21BrN2S/c1-12(2,15(4)5)10(14-3)8-9-6-7-11(13)16-9/h6-7,10,14H,8H2,1-5H3. The van der Waals surface area contributed by atoms with Gasteiger partial charge in [0.25, 0.3) is 0 Å². The Morgan fingerprint density at radius 1 is 1.44 bits per heavy atom. The van der Waals surface area contributed by atoms with Gasteiger partial charge in [0.15, 0.2) is 0 Å². The van der Waals surface area contributed by atoms with Crippen LogP contribution in [0.25, 0.3) is 0 Å². The molecule has 2 nitrogen and oxygen atoms in total. The van der Waals surface area contributed by atoms with Crippen LogP contribution in [-0.2, 0) is 6.42 Å². The number of hydrogen-bond donors (Lipinski definition) is 1. The minimum absolute atomic E-state index is 0.144. The van der Waals surface area contributed by atoms with Gasteiger partial charge in [-0.1, -0.05) is 0 Å². The lowest BCUT2D eigenvalue weighted by atomic mass is 9.90. The van der Waals surface area contributed by atoms with Crippen LogP contribution in [0.1, 0.15) is 18.7 Å². The highest BCUT2D eigenvalue weighted by Crippen LogP contribution is 2.26. The minimum atomic E-state index is 0.144. The average molecular weight is 305 g/mol. The van der Waals surface area contributed by atoms with Crippen molar-refractivity contribution in [2.24, 2.45) is 0 Å². The van der Waals surface area contributed by atoms with Crippen LogP contribution in [0.3, 0.4) is 0 Å². The summed E-state index contributed by atoms with van der Waals surface area (Å²) in [5.41, 5.74) is 0.144. The fourth-order valence-electron chi connectivity index (χ4n) is 1.68. The third kappa shape index (κ3) is 3.29. The maximum Gasteiger partial charge on any atom is 0.0701 e. The summed E-state index contributed by atoms with van der Waals surface area (Å²) in [6.45, 7) is 4.55. The largest absolute Gasteiger partial charge is 0.315 e. The number of likely N-dealkylation sites (N-methyl/N-ethyl adjacent to an activating group) is 2. The summed E-state index contributed by atoms with van der Waals surface area (Å²) in [6.07, 6.45) is 1.07. The highest BCUT2D eigenvalue weighted by atomic mass is 79.9. The molecule has 0 saturated carbocycles. The Balaban J connectivity index is 2.76. The van der Waals surface area contributed by atoms with E-state index in [1.54, 1.807) is 0 Å². The summed E-state index contributed by atoms with van der Waals surface area (Å²) in [4.78, 5) is 3.69. The molecule has 0 aliphatic heterocycles. The van der Waals surface area contributed by atoms with Crippen LogP contribution in [0, 0.1) is 0 Å². The summed E-state index contributed by atoms with van der Waals surface area (Å²) < 4.78 is 1.21. The number of nitrogens with zero attached hydrogens (tertiary/aromatic N) is 1. The van der Waals surface area contributed by atoms with Gasteiger partial charge in [0.05, 0.1) is 3.79 Å². The van der Waals surface area contributed by atoms with Gasteiger partial charge >= 0.3 is 0 Å². The monoisotopic (exact) mass is 304 g/mol. The van der Waals surface area contributed by atoms with Gasteiger partial charge in [0.2, 0.25) is 0 Å². The van der Waals surface area contributed by atoms with E-state index in [9.17, 15) is 0 Å². The summed E-state index contributed by atoms with van der Waals surface area (Å²) in [5.74, 6) is 0. The van der Waals surface area contributed by atoms with Crippen molar-refractivity contribution in [3.05, 3.63) is 20.8 Å². The maximum atomic E-state index is 3.51. The van der Waals surface area contributed by atoms with Gasteiger partial charge in [-0.3, -0.25) is 0 Å². The first-order valence-electron chi connectivity index (χ1n) is 5.47. The molecule has 0 amide bonds. The Morgan fingerprint density at radius 3 is 2.44 bits per heavy atom. The predicted molar refractivity (Wildman–Crippen MR) is 76.3 cm³/mol. The van der Waals surface area contributed by atoms with E-state index in [0.29, 0.717) is 6.04 Å². The first-order chi connectivity index (χ1) is 7.37. The molecular weight excluding hydrogens is 284 g/mol. The molecule has 0 saturated heterocycles. The molecule has 92 valence electrons. The highest BCUT2D eigenvalue weighted by molar-refractivity contribution is 9.11. The number of nitrogens with one attached hydrogen (secondary N) is 1. The molecule has 1 atom stereocenters. The molecule has 1 rings (SSSR count). The predicted octanol–water partition coefficient (Wildman–Crippen LogP) is 2.98. The lowest BCUT2D eigenvalue weighted by molar-refractivity contribution is 0.142. The Morgan fingerprint density at radius 2 is 2.06 bits per heavy atom. The van der Waals surface area contributed by atoms with E-state index in [1.807, 2.05) is 18.4 Å². The van der Waals surface area contributed by atoms with E-state index >= 15 is 0 Å². The van der Waals surface area contributed by atoms with Crippen molar-refractivity contribution in [3.8, 4) is 0 Å². The maximum absolute atomic E-state index is 3.51. The third-order valence-electron chi connectivity index (χ3n) is 3.39. The zero-order valence-electron chi connectivity index (χ0n) is 10.7. The third-order valence-corrected chi connectivity index (χ3v) is 5.03. The number of halogens is 1. The van der Waals surface area contributed by atoms with Crippen LogP contribution >= 0.6 is 27.3 Å². The topological polar surface area (TPSA) is 15.3 Å². The average Bonchev–Trinajstić information content (AvgIpc) is 2.60. The molecule has 1 aromatic heterocycles. The lowest BCUT2D eigenvalue weighted by Crippen LogP contribution is -2.55. The Labute approximate surface area is 111 Å². The van der Waals surface area contributed by atoms with Crippen LogP contribution in [0.15, 0.2) is 15.9 Å². The van der Waals surface area contributed by atoms with E-state index in [4.69, 9.17) is 0 Å². The van der Waals surface area contributed by atoms with Crippen LogP contribution in [0.5, 0.6) is 0 Å². The highest BCUT2D eigenvalue weighted by Gasteiger charge is 2.30. The molecule has 0 bridgehead atoms. The first-order valence-corrected chi connectivity index (χ1v) is 7.07. The van der Waals surface area contributed by atoms with Crippen LogP contribution in [0.4, 0.5) is 0 Å². The van der Waals surface area contributed by atoms with Crippen molar-refractivity contribution in [2.75, 3.05) is 21.1 Å². The molecule has 4 heteroatoms. The van der Waals surface area contributed by atoms with Crippen LogP contribution < -0.4 is 5.32 Å². The van der Waals surface area contributed by atoms with Gasteiger partial charge in [0.1, 0.15) is 0 Å². The molecule has 0 radical (unpaired) electrons. The minimum Gasteiger partial charge on any atom is -0.315 e. The van der Waals surface area contributed by atoms with E-state index in [1.165, 1.54) is 8.66 Å². The number of hydrogen-bond acceptors (Lipinski definition) is 3. The first kappa shape index (κ1) is 14.2. The molecule has 0 fully saturated rings. The molecule has 0 aromatic carbocycles. The normalized spacial score (nSPS) is 14.4. The van der Waals surface area contributed by atoms with Crippen molar-refractivity contribution >= 4 is 27.3 Å². The molecule has 1 aromatic rings. The molecule has 0 aliphatic carbocycles. The fraction of sp³-hybridized carbons (Fsp3) is 0.667. The molecular formula is C12H21BrN2S. The van der Waals surface area contributed by atoms with E-state index in [2.05, 4.69) is 66.2 Å². The lowest BCUT2D eigenvalue weighted by Gasteiger charge is -2.40. The molecule has 1 heterocycles. The number of rotatable bonds is 5. The molecule has 1 unspecified atom stereocenters. The van der Waals surface area contributed by atoms with Gasteiger partial charge in [-0.05, 0) is 69.5 Å². The quantitative estimate of drug-likeness (QED) is 0.900. The Hall–Kier alpha value is 0.1000. The summed E-state index contributed by atoms with van der Waals surface area (Å²) >= 11 is 5.33. The second-order valence-electron chi connectivity index (χ2n) is 4.80. The SMILES string of the molecule is CNC(Cc1ccc(Br)s1)C(C)(C)N(C)C. The van der Waals surface area contributed by atoms with Crippen LogP contribution in [-0.4, -0.2) is 37.6 Å². The van der Waals surface area contributed by atoms with E-state index in [-0.39, 0.29) is 5.54 Å². The second kappa shape index (κ2) is 5.63. The summed E-state index contributed by atoms with van der Waals surface area (Å²) in [6, 6.07) is 4.77. The number of thiophene rings is 1. The summed E-state index contributed by atoms with van der Waals surface area (Å²) in [7, 11) is 6.31. The molecule has 1 N–H and O–H groups in total. The fourth-order valence-corrected chi connectivity index (χ4v) is 3.21. The molecule has 16 heavy (non-hydrogen) atoms. The van der Waals surface area contributed by atoms with Crippen LogP contribution in [0.2, 0.25) is 0 Å².